The van der Waals surface area contributed by atoms with E-state index < -0.39 is 5.60 Å². The molecule has 4 atom stereocenters. The predicted molar refractivity (Wildman–Crippen MR) is 137 cm³/mol. The number of amides is 1. The number of para-hydroxylation sites is 1. The van der Waals surface area contributed by atoms with Crippen LogP contribution in [0.3, 0.4) is 0 Å². The molecular weight excluding hydrogens is 459 g/mol. The molecule has 6 nitrogen and oxygen atoms in total. The van der Waals surface area contributed by atoms with Gasteiger partial charge < -0.3 is 25.2 Å². The molecule has 0 spiro atoms. The number of likely N-dealkylation sites (tertiary alicyclic amines) is 1. The number of nitrogens with zero attached hydrogens (tertiary/aromatic N) is 1. The Balaban J connectivity index is 1.60. The Morgan fingerprint density at radius 3 is 2.75 bits per heavy atom. The Kier molecular flexibility index (Phi) is 8.99. The summed E-state index contributed by atoms with van der Waals surface area (Å²) in [4.78, 5) is 15.2. The average molecular weight is 499 g/mol. The van der Waals surface area contributed by atoms with Crippen LogP contribution in [0.15, 0.2) is 48.5 Å². The zero-order valence-electron chi connectivity index (χ0n) is 21.2. The molecule has 7 heteroatoms. The summed E-state index contributed by atoms with van der Waals surface area (Å²) in [6, 6.07) is 13.5. The maximum Gasteiger partial charge on any atom is 0.225 e. The highest BCUT2D eigenvalue weighted by atomic mass is 19.1. The van der Waals surface area contributed by atoms with Crippen LogP contribution in [0.25, 0.3) is 0 Å². The van der Waals surface area contributed by atoms with Gasteiger partial charge in [0.25, 0.3) is 0 Å². The number of hydrogen-bond donors (Lipinski definition) is 2. The molecule has 0 radical (unpaired) electrons. The van der Waals surface area contributed by atoms with Crippen LogP contribution in [0.1, 0.15) is 56.9 Å². The molecular formula is C29H39FN2O4. The summed E-state index contributed by atoms with van der Waals surface area (Å²) in [5.74, 6) is 0.499. The first-order valence-corrected chi connectivity index (χ1v) is 13.2. The van der Waals surface area contributed by atoms with Gasteiger partial charge in [0.1, 0.15) is 17.3 Å². The van der Waals surface area contributed by atoms with Gasteiger partial charge >= 0.3 is 0 Å². The number of piperidine rings is 1. The minimum Gasteiger partial charge on any atom is -0.457 e. The second kappa shape index (κ2) is 12.2. The second-order valence-electron chi connectivity index (χ2n) is 10.3. The number of carbonyl (C=O) groups is 1. The van der Waals surface area contributed by atoms with Crippen LogP contribution in [0.5, 0.6) is 11.5 Å². The van der Waals surface area contributed by atoms with Crippen LogP contribution in [0.2, 0.25) is 0 Å². The van der Waals surface area contributed by atoms with Crippen molar-refractivity contribution in [3.63, 3.8) is 0 Å². The predicted octanol–water partition coefficient (Wildman–Crippen LogP) is 4.99. The minimum absolute atomic E-state index is 0.0165. The molecule has 1 heterocycles. The first-order chi connectivity index (χ1) is 17.4. The molecule has 1 saturated carbocycles. The summed E-state index contributed by atoms with van der Waals surface area (Å²) in [5, 5.41) is 12.4. The number of hydrogen-bond acceptors (Lipinski definition) is 5. The fourth-order valence-corrected chi connectivity index (χ4v) is 5.84. The molecule has 4 rings (SSSR count). The van der Waals surface area contributed by atoms with Gasteiger partial charge in [-0.3, -0.25) is 4.79 Å². The maximum absolute atomic E-state index is 13.8. The molecule has 2 aromatic rings. The van der Waals surface area contributed by atoms with E-state index in [0.29, 0.717) is 43.2 Å². The van der Waals surface area contributed by atoms with Crippen LogP contribution >= 0.6 is 0 Å². The fourth-order valence-electron chi connectivity index (χ4n) is 5.84. The Bertz CT molecular complexity index is 1020. The van der Waals surface area contributed by atoms with Crippen molar-refractivity contribution in [3.8, 4) is 11.5 Å². The fraction of sp³-hybridized carbons (Fsp3) is 0.552. The molecule has 3 N–H and O–H groups in total. The van der Waals surface area contributed by atoms with Gasteiger partial charge in [0, 0.05) is 56.3 Å². The highest BCUT2D eigenvalue weighted by molar-refractivity contribution is 5.79. The third-order valence-corrected chi connectivity index (χ3v) is 7.76. The Morgan fingerprint density at radius 1 is 1.17 bits per heavy atom. The highest BCUT2D eigenvalue weighted by Crippen LogP contribution is 2.44. The van der Waals surface area contributed by atoms with Crippen LogP contribution in [-0.4, -0.2) is 48.8 Å². The smallest absolute Gasteiger partial charge is 0.225 e. The number of halogens is 1. The van der Waals surface area contributed by atoms with Gasteiger partial charge in [0.2, 0.25) is 5.91 Å². The van der Waals surface area contributed by atoms with Gasteiger partial charge in [-0.1, -0.05) is 24.3 Å². The topological polar surface area (TPSA) is 85.0 Å². The van der Waals surface area contributed by atoms with Crippen molar-refractivity contribution in [1.82, 2.24) is 4.90 Å². The van der Waals surface area contributed by atoms with Crippen molar-refractivity contribution < 1.29 is 23.8 Å². The number of methoxy groups -OCH3 is 1. The molecule has 1 aliphatic carbocycles. The van der Waals surface area contributed by atoms with Crippen LogP contribution in [0.4, 0.5) is 4.39 Å². The lowest BCUT2D eigenvalue weighted by molar-refractivity contribution is -0.141. The normalized spacial score (nSPS) is 23.9. The first kappa shape index (κ1) is 26.6. The van der Waals surface area contributed by atoms with E-state index in [0.717, 1.165) is 44.9 Å². The lowest BCUT2D eigenvalue weighted by Gasteiger charge is -2.44. The van der Waals surface area contributed by atoms with E-state index in [4.69, 9.17) is 15.2 Å². The monoisotopic (exact) mass is 498 g/mol. The number of ether oxygens (including phenoxy) is 2. The van der Waals surface area contributed by atoms with E-state index >= 15 is 0 Å². The number of carbonyl (C=O) groups excluding carboxylic acids is 1. The summed E-state index contributed by atoms with van der Waals surface area (Å²) in [6.45, 7) is 1.83. The molecule has 0 aromatic heterocycles. The molecule has 0 bridgehead atoms. The van der Waals surface area contributed by atoms with Crippen molar-refractivity contribution in [2.45, 2.75) is 63.0 Å². The van der Waals surface area contributed by atoms with Crippen molar-refractivity contribution >= 4 is 5.91 Å². The lowest BCUT2D eigenvalue weighted by atomic mass is 9.73. The molecule has 2 fully saturated rings. The highest BCUT2D eigenvalue weighted by Gasteiger charge is 2.44. The van der Waals surface area contributed by atoms with E-state index in [1.54, 1.807) is 19.2 Å². The number of unbranched alkanes of at least 4 members (excludes halogenated alkanes) is 1. The molecule has 0 unspecified atom stereocenters. The third-order valence-electron chi connectivity index (χ3n) is 7.76. The number of benzene rings is 2. The Labute approximate surface area is 213 Å². The number of nitrogens with two attached hydrogens (primary N) is 1. The average Bonchev–Trinajstić information content (AvgIpc) is 3.32. The van der Waals surface area contributed by atoms with Crippen molar-refractivity contribution in [2.75, 3.05) is 26.8 Å². The van der Waals surface area contributed by atoms with E-state index in [1.807, 2.05) is 29.2 Å². The molecule has 2 aliphatic rings. The zero-order valence-corrected chi connectivity index (χ0v) is 21.2. The van der Waals surface area contributed by atoms with E-state index in [-0.39, 0.29) is 29.6 Å². The summed E-state index contributed by atoms with van der Waals surface area (Å²) in [5.41, 5.74) is 5.54. The van der Waals surface area contributed by atoms with Crippen LogP contribution in [0, 0.1) is 17.7 Å². The van der Waals surface area contributed by atoms with Gasteiger partial charge in [-0.15, -0.1) is 0 Å². The Morgan fingerprint density at radius 2 is 2.00 bits per heavy atom. The molecule has 1 saturated heterocycles. The summed E-state index contributed by atoms with van der Waals surface area (Å²) >= 11 is 0. The SMILES string of the molecule is COCCCC[C@@](O)(c1ccccc1Oc1cccc(F)c1)[C@@H]1CCCN(C(=O)[C@@H]2CC[C@H](N)C2)C1. The molecule has 1 amide bonds. The van der Waals surface area contributed by atoms with E-state index in [1.165, 1.54) is 12.1 Å². The van der Waals surface area contributed by atoms with Gasteiger partial charge in [-0.25, -0.2) is 4.39 Å². The number of aliphatic hydroxyl groups is 1. The van der Waals surface area contributed by atoms with Gasteiger partial charge in [0.05, 0.1) is 5.60 Å². The Hall–Kier alpha value is -2.48. The largest absolute Gasteiger partial charge is 0.457 e. The van der Waals surface area contributed by atoms with Crippen molar-refractivity contribution in [3.05, 3.63) is 59.9 Å². The second-order valence-corrected chi connectivity index (χ2v) is 10.3. The van der Waals surface area contributed by atoms with Crippen LogP contribution < -0.4 is 10.5 Å². The summed E-state index contributed by atoms with van der Waals surface area (Å²) in [7, 11) is 1.67. The molecule has 196 valence electrons. The third kappa shape index (κ3) is 6.25. The van der Waals surface area contributed by atoms with Gasteiger partial charge in [0.15, 0.2) is 0 Å². The molecule has 36 heavy (non-hydrogen) atoms. The molecule has 1 aliphatic heterocycles. The van der Waals surface area contributed by atoms with E-state index in [2.05, 4.69) is 0 Å². The van der Waals surface area contributed by atoms with Crippen LogP contribution in [-0.2, 0) is 15.1 Å². The lowest BCUT2D eigenvalue weighted by Crippen LogP contribution is -2.49. The van der Waals surface area contributed by atoms with Gasteiger partial charge in [-0.05, 0) is 69.6 Å². The van der Waals surface area contributed by atoms with Crippen molar-refractivity contribution in [2.24, 2.45) is 17.6 Å². The molecule has 2 aromatic carbocycles. The minimum atomic E-state index is -1.21. The standard InChI is InChI=1S/C29H39FN2O4/c1-35-17-5-4-15-29(34,22-8-7-16-32(20-22)28(33)21-13-14-24(31)18-21)26-11-2-3-12-27(26)36-25-10-6-9-23(30)19-25/h2-3,6,9-12,19,21-22,24,34H,4-5,7-8,13-18,20,31H2,1H3/t21-,22-,24+,29+/m1/s1. The quantitative estimate of drug-likeness (QED) is 0.451. The van der Waals surface area contributed by atoms with Gasteiger partial charge in [-0.2, -0.15) is 0 Å². The number of rotatable bonds is 10. The summed E-state index contributed by atoms with van der Waals surface area (Å²) < 4.78 is 25.2. The summed E-state index contributed by atoms with van der Waals surface area (Å²) in [6.07, 6.45) is 6.22. The van der Waals surface area contributed by atoms with E-state index in [9.17, 15) is 14.3 Å². The first-order valence-electron chi connectivity index (χ1n) is 13.2. The zero-order chi connectivity index (χ0) is 25.5. The van der Waals surface area contributed by atoms with Crippen molar-refractivity contribution in [1.29, 1.82) is 0 Å². The maximum atomic E-state index is 13.8.